The molecule has 8 heteroatoms. The van der Waals surface area contributed by atoms with Crippen LogP contribution < -0.4 is 5.32 Å². The Labute approximate surface area is 147 Å². The number of urea groups is 1. The molecule has 25 heavy (non-hydrogen) atoms. The van der Waals surface area contributed by atoms with Crippen molar-refractivity contribution < 1.29 is 14.4 Å². The maximum atomic E-state index is 12.7. The van der Waals surface area contributed by atoms with Gasteiger partial charge in [0.05, 0.1) is 12.4 Å². The fourth-order valence-corrected chi connectivity index (χ4v) is 3.69. The van der Waals surface area contributed by atoms with Crippen LogP contribution in [-0.2, 0) is 9.59 Å². The van der Waals surface area contributed by atoms with Gasteiger partial charge in [-0.1, -0.05) is 13.8 Å². The van der Waals surface area contributed by atoms with Crippen LogP contribution in [0.5, 0.6) is 0 Å². The molecule has 0 unspecified atom stereocenters. The van der Waals surface area contributed by atoms with Crippen molar-refractivity contribution in [1.29, 1.82) is 0 Å². The fraction of sp³-hybridized carbons (Fsp3) is 0.647. The maximum absolute atomic E-state index is 12.7. The molecule has 0 spiro atoms. The summed E-state index contributed by atoms with van der Waals surface area (Å²) < 4.78 is 2.01. The van der Waals surface area contributed by atoms with Gasteiger partial charge in [-0.25, -0.2) is 9.78 Å². The number of hydrogen-bond donors (Lipinski definition) is 1. The van der Waals surface area contributed by atoms with E-state index in [4.69, 9.17) is 0 Å². The molecule has 3 rings (SSSR count). The number of piperidine rings is 1. The van der Waals surface area contributed by atoms with Crippen molar-refractivity contribution in [1.82, 2.24) is 24.7 Å². The molecule has 0 aliphatic carbocycles. The Bertz CT molecular complexity index is 653. The number of imidazole rings is 1. The first-order chi connectivity index (χ1) is 12.0. The summed E-state index contributed by atoms with van der Waals surface area (Å²) in [4.78, 5) is 44.4. The summed E-state index contributed by atoms with van der Waals surface area (Å²) in [6.07, 6.45) is 8.29. The van der Waals surface area contributed by atoms with E-state index in [1.54, 1.807) is 17.4 Å². The highest BCUT2D eigenvalue weighted by molar-refractivity contribution is 6.08. The lowest BCUT2D eigenvalue weighted by atomic mass is 9.93. The Kier molecular flexibility index (Phi) is 4.78. The molecule has 0 saturated carbocycles. The van der Waals surface area contributed by atoms with Gasteiger partial charge in [0.2, 0.25) is 5.91 Å². The van der Waals surface area contributed by atoms with Crippen LogP contribution in [-0.4, -0.2) is 62.4 Å². The van der Waals surface area contributed by atoms with Crippen LogP contribution in [0.25, 0.3) is 0 Å². The first-order valence-electron chi connectivity index (χ1n) is 8.90. The number of rotatable bonds is 5. The predicted octanol–water partition coefficient (Wildman–Crippen LogP) is 1.16. The zero-order valence-corrected chi connectivity index (χ0v) is 14.8. The minimum absolute atomic E-state index is 0.184. The molecule has 1 aromatic heterocycles. The Balaban J connectivity index is 1.66. The van der Waals surface area contributed by atoms with Crippen LogP contribution in [0.15, 0.2) is 18.7 Å². The van der Waals surface area contributed by atoms with Gasteiger partial charge in [0.1, 0.15) is 12.1 Å². The minimum atomic E-state index is -0.862. The quantitative estimate of drug-likeness (QED) is 0.810. The van der Waals surface area contributed by atoms with E-state index < -0.39 is 11.6 Å². The molecule has 0 bridgehead atoms. The number of imide groups is 1. The fourth-order valence-electron chi connectivity index (χ4n) is 3.69. The lowest BCUT2D eigenvalue weighted by Gasteiger charge is -2.34. The van der Waals surface area contributed by atoms with Gasteiger partial charge in [0.25, 0.3) is 5.91 Å². The third-order valence-electron chi connectivity index (χ3n) is 5.44. The first-order valence-corrected chi connectivity index (χ1v) is 8.90. The Morgan fingerprint density at radius 1 is 1.36 bits per heavy atom. The molecule has 2 aliphatic heterocycles. The van der Waals surface area contributed by atoms with E-state index >= 15 is 0 Å². The number of nitrogens with zero attached hydrogens (tertiary/aromatic N) is 4. The topological polar surface area (TPSA) is 87.5 Å². The molecule has 8 nitrogen and oxygen atoms in total. The van der Waals surface area contributed by atoms with Crippen LogP contribution in [0.1, 0.15) is 45.6 Å². The molecular formula is C17H25N5O3. The van der Waals surface area contributed by atoms with E-state index in [1.807, 2.05) is 24.6 Å². The van der Waals surface area contributed by atoms with Gasteiger partial charge in [-0.2, -0.15) is 0 Å². The average molecular weight is 347 g/mol. The van der Waals surface area contributed by atoms with Crippen molar-refractivity contribution in [3.8, 4) is 0 Å². The van der Waals surface area contributed by atoms with Crippen LogP contribution >= 0.6 is 0 Å². The molecule has 2 aliphatic rings. The highest BCUT2D eigenvalue weighted by atomic mass is 16.2. The largest absolute Gasteiger partial charge is 0.339 e. The number of carbonyl (C=O) groups is 3. The summed E-state index contributed by atoms with van der Waals surface area (Å²) in [5.41, 5.74) is -0.862. The van der Waals surface area contributed by atoms with Crippen LogP contribution in [0.2, 0.25) is 0 Å². The van der Waals surface area contributed by atoms with Crippen molar-refractivity contribution in [3.05, 3.63) is 18.7 Å². The molecule has 1 atom stereocenters. The summed E-state index contributed by atoms with van der Waals surface area (Å²) in [6, 6.07) is -0.279. The molecule has 1 N–H and O–H groups in total. The minimum Gasteiger partial charge on any atom is -0.339 e. The first kappa shape index (κ1) is 17.4. The second kappa shape index (κ2) is 6.85. The van der Waals surface area contributed by atoms with E-state index in [9.17, 15) is 14.4 Å². The third-order valence-corrected chi connectivity index (χ3v) is 5.44. The van der Waals surface area contributed by atoms with Gasteiger partial charge in [-0.15, -0.1) is 0 Å². The number of hydrogen-bond acceptors (Lipinski definition) is 4. The van der Waals surface area contributed by atoms with Gasteiger partial charge in [0, 0.05) is 25.5 Å². The monoisotopic (exact) mass is 347 g/mol. The lowest BCUT2D eigenvalue weighted by molar-refractivity contribution is -0.140. The second-order valence-electron chi connectivity index (χ2n) is 6.76. The Hall–Kier alpha value is -2.38. The summed E-state index contributed by atoms with van der Waals surface area (Å²) in [5, 5.41) is 2.76. The van der Waals surface area contributed by atoms with Gasteiger partial charge < -0.3 is 14.8 Å². The molecule has 2 fully saturated rings. The van der Waals surface area contributed by atoms with Gasteiger partial charge in [0.15, 0.2) is 0 Å². The van der Waals surface area contributed by atoms with E-state index in [0.717, 1.165) is 17.7 Å². The van der Waals surface area contributed by atoms with E-state index in [2.05, 4.69) is 10.3 Å². The Morgan fingerprint density at radius 2 is 2.12 bits per heavy atom. The third kappa shape index (κ3) is 3.12. The van der Waals surface area contributed by atoms with Crippen molar-refractivity contribution in [2.45, 2.75) is 51.1 Å². The van der Waals surface area contributed by atoms with E-state index in [1.165, 1.54) is 0 Å². The van der Waals surface area contributed by atoms with Crippen molar-refractivity contribution in [2.24, 2.45) is 0 Å². The van der Waals surface area contributed by atoms with Crippen LogP contribution in [0, 0.1) is 0 Å². The summed E-state index contributed by atoms with van der Waals surface area (Å²) >= 11 is 0. The van der Waals surface area contributed by atoms with E-state index in [0.29, 0.717) is 25.9 Å². The molecule has 0 aromatic carbocycles. The SMILES string of the molecule is CCC1(CC)NC(=O)N(CC(=O)N2CCC[C@H](n3ccnc3)C2)C1=O. The number of likely N-dealkylation sites (tertiary alicyclic amines) is 1. The zero-order chi connectivity index (χ0) is 18.0. The molecular weight excluding hydrogens is 322 g/mol. The standard InChI is InChI=1S/C17H25N5O3/c1-3-17(4-2)15(24)22(16(25)19-17)11-14(23)20-8-5-6-13(10-20)21-9-7-18-12-21/h7,9,12-13H,3-6,8,10-11H2,1-2H3,(H,19,25)/t13-/m0/s1. The predicted molar refractivity (Wildman–Crippen MR) is 90.6 cm³/mol. The van der Waals surface area contributed by atoms with Crippen LogP contribution in [0.4, 0.5) is 4.79 Å². The number of amides is 4. The van der Waals surface area contributed by atoms with Gasteiger partial charge in [-0.3, -0.25) is 14.5 Å². The van der Waals surface area contributed by atoms with Crippen LogP contribution in [0.3, 0.4) is 0 Å². The molecule has 136 valence electrons. The normalized spacial score (nSPS) is 23.0. The smallest absolute Gasteiger partial charge is 0.325 e. The number of nitrogens with one attached hydrogen (secondary N) is 1. The molecule has 2 saturated heterocycles. The van der Waals surface area contributed by atoms with Gasteiger partial charge in [-0.05, 0) is 25.7 Å². The number of carbonyl (C=O) groups excluding carboxylic acids is 3. The summed E-state index contributed by atoms with van der Waals surface area (Å²) in [7, 11) is 0. The zero-order valence-electron chi connectivity index (χ0n) is 14.8. The molecule has 3 heterocycles. The summed E-state index contributed by atoms with van der Waals surface area (Å²) in [5.74, 6) is -0.477. The highest BCUT2D eigenvalue weighted by Gasteiger charge is 2.49. The van der Waals surface area contributed by atoms with Gasteiger partial charge >= 0.3 is 6.03 Å². The second-order valence-corrected chi connectivity index (χ2v) is 6.76. The van der Waals surface area contributed by atoms with Crippen molar-refractivity contribution in [2.75, 3.05) is 19.6 Å². The lowest BCUT2D eigenvalue weighted by Crippen LogP contribution is -2.48. The maximum Gasteiger partial charge on any atom is 0.325 e. The molecule has 0 radical (unpaired) electrons. The Morgan fingerprint density at radius 3 is 2.72 bits per heavy atom. The van der Waals surface area contributed by atoms with Crippen molar-refractivity contribution >= 4 is 17.8 Å². The summed E-state index contributed by atoms with van der Waals surface area (Å²) in [6.45, 7) is 4.77. The van der Waals surface area contributed by atoms with E-state index in [-0.39, 0.29) is 24.4 Å². The molecule has 1 aromatic rings. The molecule has 4 amide bonds. The average Bonchev–Trinajstić information content (AvgIpc) is 3.25. The highest BCUT2D eigenvalue weighted by Crippen LogP contribution is 2.26. The van der Waals surface area contributed by atoms with Crippen molar-refractivity contribution in [3.63, 3.8) is 0 Å². The number of aromatic nitrogens is 2.